The van der Waals surface area contributed by atoms with Gasteiger partial charge in [-0.2, -0.15) is 0 Å². The summed E-state index contributed by atoms with van der Waals surface area (Å²) in [5.74, 6) is -2.58. The van der Waals surface area contributed by atoms with E-state index in [-0.39, 0.29) is 16.8 Å². The molecule has 0 fully saturated rings. The Labute approximate surface area is 158 Å². The summed E-state index contributed by atoms with van der Waals surface area (Å²) in [5, 5.41) is 26.0. The molecule has 146 valence electrons. The van der Waals surface area contributed by atoms with Crippen LogP contribution < -0.4 is 15.7 Å². The summed E-state index contributed by atoms with van der Waals surface area (Å²) < 4.78 is 14.0. The third kappa shape index (κ3) is 4.47. The first-order valence-corrected chi connectivity index (χ1v) is 7.91. The lowest BCUT2D eigenvalue weighted by Crippen LogP contribution is -2.56. The molecule has 0 saturated heterocycles. The fourth-order valence-corrected chi connectivity index (χ4v) is 2.32. The zero-order chi connectivity index (χ0) is 21.1. The third-order valence-corrected chi connectivity index (χ3v) is 3.81. The average Bonchev–Trinajstić information content (AvgIpc) is 2.60. The molecule has 0 aromatic heterocycles. The summed E-state index contributed by atoms with van der Waals surface area (Å²) in [5.41, 5.74) is -2.87. The van der Waals surface area contributed by atoms with Gasteiger partial charge in [-0.25, -0.2) is 4.39 Å². The van der Waals surface area contributed by atoms with Crippen LogP contribution in [0.15, 0.2) is 42.5 Å². The monoisotopic (exact) mass is 388 g/mol. The van der Waals surface area contributed by atoms with Gasteiger partial charge in [-0.3, -0.25) is 19.7 Å². The Kier molecular flexibility index (Phi) is 5.73. The van der Waals surface area contributed by atoms with Crippen LogP contribution in [0, 0.1) is 15.9 Å². The molecule has 0 unspecified atom stereocenters. The second kappa shape index (κ2) is 7.82. The van der Waals surface area contributed by atoms with E-state index in [1.807, 2.05) is 5.32 Å². The molecule has 0 aliphatic heterocycles. The average molecular weight is 388 g/mol. The number of halogens is 1. The topological polar surface area (TPSA) is 141 Å². The Morgan fingerprint density at radius 3 is 2.29 bits per heavy atom. The number of carboxylic acid groups (broad SMARTS) is 1. The number of nitrogens with zero attached hydrogens (tertiary/aromatic N) is 1. The van der Waals surface area contributed by atoms with Gasteiger partial charge in [0.05, 0.1) is 21.7 Å². The molecule has 2 amide bonds. The SMILES string of the molecule is CC(C)(NC(=O)[O-])C(=O)Nc1ccc([N+](=O)[O-])cc1C(=O)c1ccccc1F. The number of nitrogens with one attached hydrogen (secondary N) is 2. The summed E-state index contributed by atoms with van der Waals surface area (Å²) >= 11 is 0. The van der Waals surface area contributed by atoms with E-state index in [9.17, 15) is 34.0 Å². The van der Waals surface area contributed by atoms with Gasteiger partial charge < -0.3 is 20.5 Å². The van der Waals surface area contributed by atoms with Crippen LogP contribution in [0.3, 0.4) is 0 Å². The normalized spacial score (nSPS) is 10.8. The van der Waals surface area contributed by atoms with Gasteiger partial charge >= 0.3 is 0 Å². The Morgan fingerprint density at radius 2 is 1.71 bits per heavy atom. The molecule has 0 radical (unpaired) electrons. The van der Waals surface area contributed by atoms with Crippen molar-refractivity contribution in [3.63, 3.8) is 0 Å². The number of carbonyl (C=O) groups excluding carboxylic acids is 3. The molecule has 0 aliphatic carbocycles. The number of nitro benzene ring substituents is 1. The van der Waals surface area contributed by atoms with Gasteiger partial charge in [0.15, 0.2) is 5.78 Å². The summed E-state index contributed by atoms with van der Waals surface area (Å²) in [6.07, 6.45) is -1.69. The van der Waals surface area contributed by atoms with E-state index in [4.69, 9.17) is 0 Å². The lowest BCUT2D eigenvalue weighted by Gasteiger charge is -2.26. The summed E-state index contributed by atoms with van der Waals surface area (Å²) in [4.78, 5) is 46.1. The first-order chi connectivity index (χ1) is 13.0. The van der Waals surface area contributed by atoms with Crippen molar-refractivity contribution < 1.29 is 28.8 Å². The van der Waals surface area contributed by atoms with Crippen molar-refractivity contribution >= 4 is 29.2 Å². The van der Waals surface area contributed by atoms with Crippen molar-refractivity contribution in [2.24, 2.45) is 0 Å². The van der Waals surface area contributed by atoms with Gasteiger partial charge in [0.1, 0.15) is 17.4 Å². The third-order valence-electron chi connectivity index (χ3n) is 3.81. The lowest BCUT2D eigenvalue weighted by atomic mass is 9.99. The van der Waals surface area contributed by atoms with Crippen LogP contribution in [-0.4, -0.2) is 28.2 Å². The number of hydrogen-bond acceptors (Lipinski definition) is 6. The van der Waals surface area contributed by atoms with Crippen LogP contribution in [0.2, 0.25) is 0 Å². The van der Waals surface area contributed by atoms with Crippen LogP contribution >= 0.6 is 0 Å². The van der Waals surface area contributed by atoms with Crippen LogP contribution in [-0.2, 0) is 4.79 Å². The number of benzene rings is 2. The van der Waals surface area contributed by atoms with E-state index in [2.05, 4.69) is 5.32 Å². The minimum atomic E-state index is -1.69. The molecule has 2 aromatic rings. The van der Waals surface area contributed by atoms with Gasteiger partial charge in [-0.1, -0.05) is 12.1 Å². The number of rotatable bonds is 6. The van der Waals surface area contributed by atoms with Gasteiger partial charge in [0.2, 0.25) is 5.91 Å². The van der Waals surface area contributed by atoms with E-state index >= 15 is 0 Å². The highest BCUT2D eigenvalue weighted by atomic mass is 19.1. The Morgan fingerprint density at radius 1 is 1.07 bits per heavy atom. The zero-order valence-electron chi connectivity index (χ0n) is 14.8. The summed E-state index contributed by atoms with van der Waals surface area (Å²) in [6, 6.07) is 8.10. The fourth-order valence-electron chi connectivity index (χ4n) is 2.32. The quantitative estimate of drug-likeness (QED) is 0.437. The highest BCUT2D eigenvalue weighted by molar-refractivity contribution is 6.15. The van der Waals surface area contributed by atoms with Gasteiger partial charge in [0, 0.05) is 12.1 Å². The van der Waals surface area contributed by atoms with Crippen molar-refractivity contribution in [3.05, 3.63) is 69.5 Å². The lowest BCUT2D eigenvalue weighted by molar-refractivity contribution is -0.384. The molecule has 0 heterocycles. The Bertz CT molecular complexity index is 974. The highest BCUT2D eigenvalue weighted by Gasteiger charge is 2.29. The van der Waals surface area contributed by atoms with Crippen LogP contribution in [0.1, 0.15) is 29.8 Å². The van der Waals surface area contributed by atoms with E-state index in [0.29, 0.717) is 0 Å². The predicted octanol–water partition coefficient (Wildman–Crippen LogP) is 1.61. The number of non-ortho nitro benzene ring substituents is 1. The molecule has 9 nitrogen and oxygen atoms in total. The maximum atomic E-state index is 14.0. The molecular weight excluding hydrogens is 373 g/mol. The molecule has 10 heteroatoms. The largest absolute Gasteiger partial charge is 0.530 e. The van der Waals surface area contributed by atoms with E-state index in [0.717, 1.165) is 24.3 Å². The molecular formula is C18H15FN3O6-. The van der Waals surface area contributed by atoms with Crippen molar-refractivity contribution in [1.29, 1.82) is 0 Å². The van der Waals surface area contributed by atoms with Gasteiger partial charge in [-0.05, 0) is 32.0 Å². The second-order valence-corrected chi connectivity index (χ2v) is 6.29. The minimum absolute atomic E-state index is 0.142. The molecule has 2 N–H and O–H groups in total. The maximum Gasteiger partial charge on any atom is 0.270 e. The van der Waals surface area contributed by atoms with E-state index < -0.39 is 39.8 Å². The predicted molar refractivity (Wildman–Crippen MR) is 94.2 cm³/mol. The molecule has 0 aliphatic rings. The highest BCUT2D eigenvalue weighted by Crippen LogP contribution is 2.26. The van der Waals surface area contributed by atoms with E-state index in [1.54, 1.807) is 0 Å². The number of anilines is 1. The molecule has 0 spiro atoms. The zero-order valence-corrected chi connectivity index (χ0v) is 14.8. The second-order valence-electron chi connectivity index (χ2n) is 6.29. The summed E-state index contributed by atoms with van der Waals surface area (Å²) in [6.45, 7) is 2.50. The Hall–Kier alpha value is -3.82. The number of carbonyl (C=O) groups is 3. The molecule has 28 heavy (non-hydrogen) atoms. The van der Waals surface area contributed by atoms with Crippen LogP contribution in [0.5, 0.6) is 0 Å². The smallest absolute Gasteiger partial charge is 0.270 e. The number of amides is 2. The van der Waals surface area contributed by atoms with Crippen molar-refractivity contribution in [1.82, 2.24) is 5.32 Å². The van der Waals surface area contributed by atoms with Crippen LogP contribution in [0.4, 0.5) is 20.6 Å². The molecule has 2 aromatic carbocycles. The number of nitro groups is 1. The van der Waals surface area contributed by atoms with Gasteiger partial charge in [0.25, 0.3) is 5.69 Å². The molecule has 0 bridgehead atoms. The van der Waals surface area contributed by atoms with Crippen molar-refractivity contribution in [2.75, 3.05) is 5.32 Å². The van der Waals surface area contributed by atoms with Crippen molar-refractivity contribution in [2.45, 2.75) is 19.4 Å². The fraction of sp³-hybridized carbons (Fsp3) is 0.167. The minimum Gasteiger partial charge on any atom is -0.530 e. The van der Waals surface area contributed by atoms with Gasteiger partial charge in [-0.15, -0.1) is 0 Å². The summed E-state index contributed by atoms with van der Waals surface area (Å²) in [7, 11) is 0. The maximum absolute atomic E-state index is 14.0. The number of ketones is 1. The Balaban J connectivity index is 2.49. The van der Waals surface area contributed by atoms with E-state index in [1.165, 1.54) is 32.0 Å². The molecule has 0 saturated carbocycles. The first-order valence-electron chi connectivity index (χ1n) is 7.91. The number of hydrogen-bond donors (Lipinski definition) is 2. The molecule has 0 atom stereocenters. The standard InChI is InChI=1S/C18H16FN3O6/c1-18(2,21-17(25)26)16(24)20-14-8-7-10(22(27)28)9-12(14)15(23)11-5-3-4-6-13(11)19/h3-9,21H,1-2H3,(H,20,24)(H,25,26)/p-1. The van der Waals surface area contributed by atoms with Crippen LogP contribution in [0.25, 0.3) is 0 Å². The molecule has 2 rings (SSSR count). The van der Waals surface area contributed by atoms with Crippen molar-refractivity contribution in [3.8, 4) is 0 Å². The first kappa shape index (κ1) is 20.5.